The van der Waals surface area contributed by atoms with Gasteiger partial charge in [-0.2, -0.15) is 0 Å². The molecule has 20 heavy (non-hydrogen) atoms. The molecule has 0 aliphatic heterocycles. The molecule has 2 aromatic rings. The summed E-state index contributed by atoms with van der Waals surface area (Å²) in [5.74, 6) is 6.16. The van der Waals surface area contributed by atoms with Gasteiger partial charge < -0.3 is 4.74 Å². The van der Waals surface area contributed by atoms with E-state index in [1.54, 1.807) is 26.2 Å². The predicted molar refractivity (Wildman–Crippen MR) is 81.0 cm³/mol. The average molecular weight is 339 g/mol. The van der Waals surface area contributed by atoms with Crippen LogP contribution in [0, 0.1) is 12.7 Å². The Morgan fingerprint density at radius 1 is 1.25 bits per heavy atom. The van der Waals surface area contributed by atoms with Crippen LogP contribution in [-0.4, -0.2) is 7.11 Å². The van der Waals surface area contributed by atoms with Gasteiger partial charge in [0.05, 0.1) is 13.2 Å². The molecule has 1 atom stereocenters. The van der Waals surface area contributed by atoms with E-state index in [4.69, 9.17) is 10.6 Å². The molecule has 2 rings (SSSR count). The van der Waals surface area contributed by atoms with E-state index in [1.807, 2.05) is 18.2 Å². The maximum absolute atomic E-state index is 13.4. The fourth-order valence-corrected chi connectivity index (χ4v) is 2.48. The monoisotopic (exact) mass is 338 g/mol. The van der Waals surface area contributed by atoms with Crippen molar-refractivity contribution in [2.24, 2.45) is 5.84 Å². The van der Waals surface area contributed by atoms with Crippen molar-refractivity contribution in [2.45, 2.75) is 13.0 Å². The Bertz CT molecular complexity index is 619. The third kappa shape index (κ3) is 3.00. The number of nitrogens with one attached hydrogen (secondary N) is 1. The van der Waals surface area contributed by atoms with Crippen LogP contribution in [0.5, 0.6) is 5.75 Å². The Kier molecular flexibility index (Phi) is 4.75. The zero-order valence-corrected chi connectivity index (χ0v) is 12.9. The quantitative estimate of drug-likeness (QED) is 0.663. The fraction of sp³-hybridized carbons (Fsp3) is 0.200. The Morgan fingerprint density at radius 3 is 2.60 bits per heavy atom. The van der Waals surface area contributed by atoms with Crippen LogP contribution in [0.1, 0.15) is 22.7 Å². The first kappa shape index (κ1) is 15.0. The summed E-state index contributed by atoms with van der Waals surface area (Å²) in [6, 6.07) is 10.4. The van der Waals surface area contributed by atoms with E-state index < -0.39 is 0 Å². The highest BCUT2D eigenvalue weighted by Gasteiger charge is 2.18. The van der Waals surface area contributed by atoms with Gasteiger partial charge in [0.1, 0.15) is 11.6 Å². The second-order valence-electron chi connectivity index (χ2n) is 4.49. The molecule has 0 aliphatic rings. The largest absolute Gasteiger partial charge is 0.496 e. The molecule has 5 heteroatoms. The lowest BCUT2D eigenvalue weighted by atomic mass is 9.97. The van der Waals surface area contributed by atoms with Crippen LogP contribution in [0.4, 0.5) is 4.39 Å². The summed E-state index contributed by atoms with van der Waals surface area (Å²) in [7, 11) is 1.61. The fourth-order valence-electron chi connectivity index (χ4n) is 2.14. The second kappa shape index (κ2) is 6.35. The second-order valence-corrected chi connectivity index (χ2v) is 5.41. The van der Waals surface area contributed by atoms with Gasteiger partial charge in [-0.05, 0) is 36.2 Å². The highest BCUT2D eigenvalue weighted by Crippen LogP contribution is 2.32. The van der Waals surface area contributed by atoms with Gasteiger partial charge in [0.15, 0.2) is 0 Å². The Hall–Kier alpha value is -1.43. The van der Waals surface area contributed by atoms with Gasteiger partial charge in [0.25, 0.3) is 0 Å². The van der Waals surface area contributed by atoms with Crippen LogP contribution in [0.15, 0.2) is 40.9 Å². The molecule has 1 unspecified atom stereocenters. The maximum atomic E-state index is 13.4. The first-order chi connectivity index (χ1) is 9.56. The highest BCUT2D eigenvalue weighted by atomic mass is 79.9. The van der Waals surface area contributed by atoms with Crippen LogP contribution < -0.4 is 16.0 Å². The van der Waals surface area contributed by atoms with E-state index in [2.05, 4.69) is 21.4 Å². The topological polar surface area (TPSA) is 47.3 Å². The zero-order chi connectivity index (χ0) is 14.7. The molecule has 0 heterocycles. The molecule has 3 N–H and O–H groups in total. The Labute approximate surface area is 126 Å². The van der Waals surface area contributed by atoms with Crippen molar-refractivity contribution in [3.63, 3.8) is 0 Å². The van der Waals surface area contributed by atoms with Gasteiger partial charge in [0, 0.05) is 10.0 Å². The van der Waals surface area contributed by atoms with E-state index in [0.29, 0.717) is 11.3 Å². The molecule has 0 fully saturated rings. The van der Waals surface area contributed by atoms with E-state index >= 15 is 0 Å². The third-order valence-corrected chi connectivity index (χ3v) is 3.68. The van der Waals surface area contributed by atoms with Crippen molar-refractivity contribution in [1.29, 1.82) is 0 Å². The molecule has 0 saturated heterocycles. The van der Waals surface area contributed by atoms with Crippen molar-refractivity contribution in [3.8, 4) is 5.75 Å². The number of ether oxygens (including phenoxy) is 1. The summed E-state index contributed by atoms with van der Waals surface area (Å²) in [4.78, 5) is 0. The summed E-state index contributed by atoms with van der Waals surface area (Å²) in [6.07, 6.45) is 0. The number of hydrogen-bond donors (Lipinski definition) is 2. The summed E-state index contributed by atoms with van der Waals surface area (Å²) < 4.78 is 19.7. The van der Waals surface area contributed by atoms with Crippen LogP contribution in [0.2, 0.25) is 0 Å². The van der Waals surface area contributed by atoms with Crippen LogP contribution in [0.25, 0.3) is 0 Å². The average Bonchev–Trinajstić information content (AvgIpc) is 2.44. The number of hydrogen-bond acceptors (Lipinski definition) is 3. The highest BCUT2D eigenvalue weighted by molar-refractivity contribution is 9.10. The SMILES string of the molecule is COc1cc(Br)ccc1C(NN)c1ccc(F)c(C)c1. The number of rotatable bonds is 4. The van der Waals surface area contributed by atoms with E-state index in [0.717, 1.165) is 15.6 Å². The number of hydrazine groups is 1. The Morgan fingerprint density at radius 2 is 2.00 bits per heavy atom. The molecular weight excluding hydrogens is 323 g/mol. The summed E-state index contributed by atoms with van der Waals surface area (Å²) in [6.45, 7) is 1.73. The molecule has 0 aromatic heterocycles. The van der Waals surface area contributed by atoms with Crippen molar-refractivity contribution < 1.29 is 9.13 Å². The number of nitrogens with two attached hydrogens (primary N) is 1. The lowest BCUT2D eigenvalue weighted by Gasteiger charge is -2.20. The molecular formula is C15H16BrFN2O. The summed E-state index contributed by atoms with van der Waals surface area (Å²) in [5, 5.41) is 0. The lowest BCUT2D eigenvalue weighted by molar-refractivity contribution is 0.404. The van der Waals surface area contributed by atoms with Gasteiger partial charge in [-0.15, -0.1) is 0 Å². The number of halogens is 2. The van der Waals surface area contributed by atoms with Crippen molar-refractivity contribution in [1.82, 2.24) is 5.43 Å². The predicted octanol–water partition coefficient (Wildman–Crippen LogP) is 3.46. The van der Waals surface area contributed by atoms with Gasteiger partial charge in [0.2, 0.25) is 0 Å². The Balaban J connectivity index is 2.49. The van der Waals surface area contributed by atoms with E-state index in [-0.39, 0.29) is 11.9 Å². The lowest BCUT2D eigenvalue weighted by Crippen LogP contribution is -2.29. The standard InChI is InChI=1S/C15H16BrFN2O/c1-9-7-10(3-6-13(9)17)15(19-18)12-5-4-11(16)8-14(12)20-2/h3-8,15,19H,18H2,1-2H3. The third-order valence-electron chi connectivity index (χ3n) is 3.19. The van der Waals surface area contributed by atoms with Gasteiger partial charge in [-0.3, -0.25) is 5.84 Å². The van der Waals surface area contributed by atoms with Gasteiger partial charge in [-0.1, -0.05) is 34.1 Å². The normalized spacial score (nSPS) is 12.2. The summed E-state index contributed by atoms with van der Waals surface area (Å²) >= 11 is 3.40. The molecule has 0 aliphatic carbocycles. The molecule has 2 aromatic carbocycles. The maximum Gasteiger partial charge on any atom is 0.126 e. The molecule has 0 radical (unpaired) electrons. The molecule has 106 valence electrons. The summed E-state index contributed by atoms with van der Waals surface area (Å²) in [5.41, 5.74) is 5.11. The molecule has 0 spiro atoms. The molecule has 0 amide bonds. The zero-order valence-electron chi connectivity index (χ0n) is 11.3. The van der Waals surface area contributed by atoms with Crippen molar-refractivity contribution in [2.75, 3.05) is 7.11 Å². The van der Waals surface area contributed by atoms with E-state index in [9.17, 15) is 4.39 Å². The van der Waals surface area contributed by atoms with E-state index in [1.165, 1.54) is 6.07 Å². The first-order valence-electron chi connectivity index (χ1n) is 6.12. The minimum absolute atomic E-state index is 0.229. The number of benzene rings is 2. The number of methoxy groups -OCH3 is 1. The molecule has 0 bridgehead atoms. The minimum Gasteiger partial charge on any atom is -0.496 e. The van der Waals surface area contributed by atoms with Gasteiger partial charge in [-0.25, -0.2) is 9.82 Å². The van der Waals surface area contributed by atoms with Gasteiger partial charge >= 0.3 is 0 Å². The first-order valence-corrected chi connectivity index (χ1v) is 6.91. The van der Waals surface area contributed by atoms with Crippen LogP contribution >= 0.6 is 15.9 Å². The molecule has 0 saturated carbocycles. The van der Waals surface area contributed by atoms with Crippen molar-refractivity contribution >= 4 is 15.9 Å². The number of aryl methyl sites for hydroxylation is 1. The van der Waals surface area contributed by atoms with Crippen LogP contribution in [-0.2, 0) is 0 Å². The molecule has 3 nitrogen and oxygen atoms in total. The smallest absolute Gasteiger partial charge is 0.126 e. The van der Waals surface area contributed by atoms with Crippen molar-refractivity contribution in [3.05, 3.63) is 63.4 Å². The minimum atomic E-state index is -0.266. The van der Waals surface area contributed by atoms with Crippen LogP contribution in [0.3, 0.4) is 0 Å².